The Labute approximate surface area is 279 Å². The molecule has 0 saturated carbocycles. The topological polar surface area (TPSA) is 147 Å². The molecule has 0 aliphatic carbocycles. The van der Waals surface area contributed by atoms with Crippen molar-refractivity contribution in [3.8, 4) is 0 Å². The summed E-state index contributed by atoms with van der Waals surface area (Å²) in [6, 6.07) is 29.3. The molecule has 5 atom stereocenters. The number of alkyl halides is 3. The molecule has 3 aromatic carbocycles. The highest BCUT2D eigenvalue weighted by molar-refractivity contribution is 7.86. The molecule has 0 bridgehead atoms. The second kappa shape index (κ2) is 17.5. The second-order valence-corrected chi connectivity index (χ2v) is 12.9. The lowest BCUT2D eigenvalue weighted by Crippen LogP contribution is -2.58. The Hall–Kier alpha value is -3.86. The highest BCUT2D eigenvalue weighted by Crippen LogP contribution is 2.38. The number of azide groups is 1. The van der Waals surface area contributed by atoms with Crippen LogP contribution in [0.3, 0.4) is 0 Å². The van der Waals surface area contributed by atoms with Gasteiger partial charge in [-0.05, 0) is 22.2 Å². The van der Waals surface area contributed by atoms with E-state index in [4.69, 9.17) is 31.9 Å². The minimum Gasteiger partial charge on any atom is -0.741 e. The molecule has 4 aromatic rings. The van der Waals surface area contributed by atoms with Crippen molar-refractivity contribution in [2.45, 2.75) is 55.8 Å². The van der Waals surface area contributed by atoms with Gasteiger partial charge in [-0.2, -0.15) is 17.7 Å². The zero-order valence-corrected chi connectivity index (χ0v) is 27.3. The smallest absolute Gasteiger partial charge is 0.485 e. The van der Waals surface area contributed by atoms with E-state index < -0.39 is 46.1 Å². The maximum Gasteiger partial charge on any atom is 0.485 e. The van der Waals surface area contributed by atoms with Gasteiger partial charge in [-0.3, -0.25) is 0 Å². The Morgan fingerprint density at radius 3 is 1.81 bits per heavy atom. The Morgan fingerprint density at radius 2 is 1.38 bits per heavy atom. The van der Waals surface area contributed by atoms with Crippen molar-refractivity contribution >= 4 is 21.5 Å². The number of halogens is 3. The lowest BCUT2D eigenvalue weighted by Gasteiger charge is -2.43. The van der Waals surface area contributed by atoms with Crippen LogP contribution in [0.4, 0.5) is 13.2 Å². The van der Waals surface area contributed by atoms with Gasteiger partial charge in [-0.1, -0.05) is 107 Å². The van der Waals surface area contributed by atoms with Crippen LogP contribution in [0.2, 0.25) is 0 Å². The summed E-state index contributed by atoms with van der Waals surface area (Å²) < 4.78 is 86.9. The van der Waals surface area contributed by atoms with Gasteiger partial charge in [0.05, 0.1) is 37.9 Å². The first kappa shape index (κ1) is 37.0. The third kappa shape index (κ3) is 10.6. The molecule has 16 heteroatoms. The fourth-order valence-corrected chi connectivity index (χ4v) is 5.80. The fraction of sp³-hybridized carbons (Fsp3) is 0.344. The molecule has 256 valence electrons. The van der Waals surface area contributed by atoms with Gasteiger partial charge in [0.2, 0.25) is 0 Å². The molecule has 1 saturated heterocycles. The van der Waals surface area contributed by atoms with Gasteiger partial charge in [0.1, 0.15) is 25.3 Å². The predicted octanol–water partition coefficient (Wildman–Crippen LogP) is 6.13. The minimum absolute atomic E-state index is 0.286. The van der Waals surface area contributed by atoms with Crippen LogP contribution >= 0.6 is 11.3 Å². The number of aromatic nitrogens is 1. The molecular weight excluding hydrogens is 674 g/mol. The van der Waals surface area contributed by atoms with E-state index in [1.54, 1.807) is 11.3 Å². The number of thiazole rings is 1. The van der Waals surface area contributed by atoms with E-state index >= 15 is 0 Å². The summed E-state index contributed by atoms with van der Waals surface area (Å²) in [5, 5.41) is 7.15. The first-order valence-electron chi connectivity index (χ1n) is 14.6. The van der Waals surface area contributed by atoms with Crippen molar-refractivity contribution < 1.29 is 49.7 Å². The predicted molar refractivity (Wildman–Crippen MR) is 168 cm³/mol. The molecule has 1 aliphatic heterocycles. The number of nitrogens with zero attached hydrogens (tertiary/aromatic N) is 4. The van der Waals surface area contributed by atoms with Gasteiger partial charge in [0, 0.05) is 4.91 Å². The van der Waals surface area contributed by atoms with E-state index in [0.717, 1.165) is 21.7 Å². The second-order valence-electron chi connectivity index (χ2n) is 10.6. The van der Waals surface area contributed by atoms with Crippen LogP contribution in [0.25, 0.3) is 10.4 Å². The maximum absolute atomic E-state index is 10.7. The lowest BCUT2D eigenvalue weighted by atomic mass is 9.92. The Morgan fingerprint density at radius 1 is 0.896 bits per heavy atom. The minimum atomic E-state index is -6.09. The van der Waals surface area contributed by atoms with Crippen molar-refractivity contribution in [1.29, 1.82) is 0 Å². The van der Waals surface area contributed by atoms with E-state index in [1.807, 2.05) is 114 Å². The van der Waals surface area contributed by atoms with Gasteiger partial charge in [-0.15, -0.1) is 0 Å². The van der Waals surface area contributed by atoms with Crippen LogP contribution in [0.1, 0.15) is 27.8 Å². The number of hydrogen-bond donors (Lipinski definition) is 0. The van der Waals surface area contributed by atoms with Crippen LogP contribution in [0.15, 0.2) is 108 Å². The van der Waals surface area contributed by atoms with Gasteiger partial charge in [0.25, 0.3) is 5.01 Å². The van der Waals surface area contributed by atoms with E-state index in [1.165, 1.54) is 0 Å². The van der Waals surface area contributed by atoms with Crippen molar-refractivity contribution in [1.82, 2.24) is 0 Å². The summed E-state index contributed by atoms with van der Waals surface area (Å²) >= 11 is 1.55. The molecule has 1 aromatic heterocycles. The zero-order valence-electron chi connectivity index (χ0n) is 25.6. The van der Waals surface area contributed by atoms with Gasteiger partial charge in [0.15, 0.2) is 22.4 Å². The number of rotatable bonds is 12. The van der Waals surface area contributed by atoms with E-state index in [2.05, 4.69) is 10.0 Å². The molecule has 48 heavy (non-hydrogen) atoms. The molecule has 0 amide bonds. The largest absolute Gasteiger partial charge is 0.741 e. The fourth-order valence-electron chi connectivity index (χ4n) is 4.86. The number of hydrogen-bond acceptors (Lipinski definition) is 9. The molecule has 2 heterocycles. The van der Waals surface area contributed by atoms with Crippen molar-refractivity contribution in [3.05, 3.63) is 135 Å². The molecule has 0 unspecified atom stereocenters. The SMILES string of the molecule is C[n+]1ccsc1[C@@H]1O[C@H](COCc2ccccc2)[C@H](OCc2ccccc2)[C@H](OCc2ccccc2)[C@H]1N=[N+]=[N-].O=S(=O)([O-])C(F)(F)F. The maximum atomic E-state index is 10.7. The van der Waals surface area contributed by atoms with Crippen LogP contribution in [-0.2, 0) is 55.9 Å². The lowest BCUT2D eigenvalue weighted by molar-refractivity contribution is -0.678. The van der Waals surface area contributed by atoms with Crippen LogP contribution in [-0.4, -0.2) is 49.4 Å². The first-order valence-corrected chi connectivity index (χ1v) is 16.8. The van der Waals surface area contributed by atoms with Gasteiger partial charge < -0.3 is 23.5 Å². The normalized spacial score (nSPS) is 21.1. The Kier molecular flexibility index (Phi) is 13.5. The van der Waals surface area contributed by atoms with Crippen molar-refractivity contribution in [2.24, 2.45) is 12.2 Å². The van der Waals surface area contributed by atoms with Gasteiger partial charge >= 0.3 is 5.51 Å². The Balaban J connectivity index is 0.000000579. The third-order valence-corrected chi connectivity index (χ3v) is 8.74. The van der Waals surface area contributed by atoms with Crippen LogP contribution < -0.4 is 4.57 Å². The summed E-state index contributed by atoms with van der Waals surface area (Å²) in [4.78, 5) is 3.21. The number of benzene rings is 3. The molecule has 0 radical (unpaired) electrons. The summed E-state index contributed by atoms with van der Waals surface area (Å²) in [6.45, 7) is 1.43. The summed E-state index contributed by atoms with van der Waals surface area (Å²) in [5.74, 6) is 0. The first-order chi connectivity index (χ1) is 23.0. The number of aryl methyl sites for hydroxylation is 1. The molecule has 1 aliphatic rings. The highest BCUT2D eigenvalue weighted by atomic mass is 32.2. The average molecular weight is 707 g/mol. The zero-order chi connectivity index (χ0) is 34.6. The van der Waals surface area contributed by atoms with Crippen molar-refractivity contribution in [3.63, 3.8) is 0 Å². The molecule has 0 N–H and O–H groups in total. The monoisotopic (exact) mass is 706 g/mol. The summed E-state index contributed by atoms with van der Waals surface area (Å²) in [5.41, 5.74) is 7.09. The molecule has 1 fully saturated rings. The summed E-state index contributed by atoms with van der Waals surface area (Å²) in [6.07, 6.45) is -0.147. The van der Waals surface area contributed by atoms with Crippen molar-refractivity contribution in [2.75, 3.05) is 6.61 Å². The van der Waals surface area contributed by atoms with E-state index in [0.29, 0.717) is 19.8 Å². The molecule has 0 spiro atoms. The van der Waals surface area contributed by atoms with Gasteiger partial charge in [-0.25, -0.2) is 8.42 Å². The Bertz CT molecular complexity index is 1710. The van der Waals surface area contributed by atoms with Crippen LogP contribution in [0, 0.1) is 0 Å². The molecule has 11 nitrogen and oxygen atoms in total. The standard InChI is InChI=1S/C31H33N4O4S.CHF3O3S/c1-35-17-18-40-31(35)30-27(33-34-32)29(38-21-25-15-9-4-10-16-25)28(37-20-24-13-7-3-8-14-24)26(39-30)22-36-19-23-11-5-2-6-12-23;2-1(3,4)8(5,6)7/h2-18,26-30H,19-22H2,1H3;(H,5,6,7)/q+1;/p-1/t26-,27-,28+,29-,30-;/m1./s1. The quantitative estimate of drug-likeness (QED) is 0.0430. The summed E-state index contributed by atoms with van der Waals surface area (Å²) in [7, 11) is -4.13. The number of ether oxygens (including phenoxy) is 4. The highest BCUT2D eigenvalue weighted by Gasteiger charge is 2.50. The molecular formula is C32H33F3N4O7S2. The van der Waals surface area contributed by atoms with Crippen LogP contribution in [0.5, 0.6) is 0 Å². The third-order valence-electron chi connectivity index (χ3n) is 7.16. The van der Waals surface area contributed by atoms with E-state index in [9.17, 15) is 18.7 Å². The average Bonchev–Trinajstić information content (AvgIpc) is 3.50. The van der Waals surface area contributed by atoms with E-state index in [-0.39, 0.29) is 6.61 Å². The molecule has 5 rings (SSSR count).